The maximum absolute atomic E-state index is 10.0. The Labute approximate surface area is 108 Å². The van der Waals surface area contributed by atoms with Crippen molar-refractivity contribution in [2.24, 2.45) is 0 Å². The molecule has 0 aromatic heterocycles. The van der Waals surface area contributed by atoms with Crippen LogP contribution in [0, 0.1) is 0 Å². The highest BCUT2D eigenvalue weighted by atomic mass is 16.3. The summed E-state index contributed by atoms with van der Waals surface area (Å²) in [5, 5.41) is 19.8. The second-order valence-corrected chi connectivity index (χ2v) is 4.41. The number of phenols is 2. The summed E-state index contributed by atoms with van der Waals surface area (Å²) < 4.78 is 0. The predicted molar refractivity (Wildman–Crippen MR) is 74.0 cm³/mol. The van der Waals surface area contributed by atoms with Gasteiger partial charge in [0.25, 0.3) is 0 Å². The average molecular weight is 242 g/mol. The van der Waals surface area contributed by atoms with E-state index in [1.165, 1.54) is 0 Å². The van der Waals surface area contributed by atoms with Crippen LogP contribution in [0.15, 0.2) is 36.4 Å². The van der Waals surface area contributed by atoms with Crippen LogP contribution >= 0.6 is 0 Å². The molecule has 0 unspecified atom stereocenters. The molecule has 2 nitrogen and oxygen atoms in total. The van der Waals surface area contributed by atoms with E-state index in [4.69, 9.17) is 0 Å². The van der Waals surface area contributed by atoms with Crippen molar-refractivity contribution >= 4 is 0 Å². The SMILES string of the molecule is CCc1cc(O)cc(-c2c(O)cccc2CC)c1. The lowest BCUT2D eigenvalue weighted by Gasteiger charge is -2.12. The molecule has 0 saturated carbocycles. The zero-order valence-corrected chi connectivity index (χ0v) is 10.8. The van der Waals surface area contributed by atoms with Gasteiger partial charge in [0.1, 0.15) is 11.5 Å². The third-order valence-electron chi connectivity index (χ3n) is 3.18. The Balaban J connectivity index is 2.64. The lowest BCUT2D eigenvalue weighted by Crippen LogP contribution is -1.90. The smallest absolute Gasteiger partial charge is 0.123 e. The van der Waals surface area contributed by atoms with Crippen LogP contribution in [0.25, 0.3) is 11.1 Å². The molecule has 2 heteroatoms. The van der Waals surface area contributed by atoms with Gasteiger partial charge in [0.15, 0.2) is 0 Å². The largest absolute Gasteiger partial charge is 0.508 e. The lowest BCUT2D eigenvalue weighted by atomic mass is 9.95. The molecule has 0 bridgehead atoms. The van der Waals surface area contributed by atoms with Gasteiger partial charge in [-0.2, -0.15) is 0 Å². The molecule has 0 aliphatic carbocycles. The molecule has 0 saturated heterocycles. The molecule has 18 heavy (non-hydrogen) atoms. The third-order valence-corrected chi connectivity index (χ3v) is 3.18. The first kappa shape index (κ1) is 12.5. The summed E-state index contributed by atoms with van der Waals surface area (Å²) in [4.78, 5) is 0. The molecule has 2 aromatic carbocycles. The number of aryl methyl sites for hydroxylation is 2. The lowest BCUT2D eigenvalue weighted by molar-refractivity contribution is 0.473. The molecule has 0 radical (unpaired) electrons. The molecule has 0 aliphatic rings. The molecular weight excluding hydrogens is 224 g/mol. The summed E-state index contributed by atoms with van der Waals surface area (Å²) in [7, 11) is 0. The number of hydrogen-bond donors (Lipinski definition) is 2. The van der Waals surface area contributed by atoms with Crippen molar-refractivity contribution in [2.45, 2.75) is 26.7 Å². The van der Waals surface area contributed by atoms with Crippen molar-refractivity contribution in [1.29, 1.82) is 0 Å². The standard InChI is InChI=1S/C16H18O2/c1-3-11-8-13(10-14(17)9-11)16-12(4-2)6-5-7-15(16)18/h5-10,17-18H,3-4H2,1-2H3. The monoisotopic (exact) mass is 242 g/mol. The second-order valence-electron chi connectivity index (χ2n) is 4.41. The first-order chi connectivity index (χ1) is 8.65. The fourth-order valence-electron chi connectivity index (χ4n) is 2.24. The summed E-state index contributed by atoms with van der Waals surface area (Å²) in [6, 6.07) is 11.0. The van der Waals surface area contributed by atoms with Gasteiger partial charge < -0.3 is 10.2 Å². The summed E-state index contributed by atoms with van der Waals surface area (Å²) in [6.07, 6.45) is 1.71. The van der Waals surface area contributed by atoms with Gasteiger partial charge >= 0.3 is 0 Å². The minimum absolute atomic E-state index is 0.245. The fourth-order valence-corrected chi connectivity index (χ4v) is 2.24. The van der Waals surface area contributed by atoms with E-state index in [0.29, 0.717) is 0 Å². The molecule has 94 valence electrons. The quantitative estimate of drug-likeness (QED) is 0.857. The van der Waals surface area contributed by atoms with E-state index in [2.05, 4.69) is 6.92 Å². The van der Waals surface area contributed by atoms with Crippen molar-refractivity contribution in [3.63, 3.8) is 0 Å². The number of aromatic hydroxyl groups is 2. The van der Waals surface area contributed by atoms with Gasteiger partial charge in [0.05, 0.1) is 0 Å². The Kier molecular flexibility index (Phi) is 3.56. The fraction of sp³-hybridized carbons (Fsp3) is 0.250. The third kappa shape index (κ3) is 2.33. The van der Waals surface area contributed by atoms with Gasteiger partial charge in [-0.3, -0.25) is 0 Å². The number of rotatable bonds is 3. The number of benzene rings is 2. The van der Waals surface area contributed by atoms with Crippen molar-refractivity contribution in [3.8, 4) is 22.6 Å². The van der Waals surface area contributed by atoms with Crippen LogP contribution in [-0.4, -0.2) is 10.2 Å². The van der Waals surface area contributed by atoms with E-state index in [0.717, 1.165) is 35.1 Å². The van der Waals surface area contributed by atoms with Crippen LogP contribution in [0.1, 0.15) is 25.0 Å². The Morgan fingerprint density at radius 3 is 2.39 bits per heavy atom. The van der Waals surface area contributed by atoms with E-state index in [1.807, 2.05) is 25.1 Å². The van der Waals surface area contributed by atoms with Crippen molar-refractivity contribution in [3.05, 3.63) is 47.5 Å². The van der Waals surface area contributed by atoms with E-state index in [-0.39, 0.29) is 11.5 Å². The molecular formula is C16H18O2. The second kappa shape index (κ2) is 5.13. The molecule has 2 N–H and O–H groups in total. The highest BCUT2D eigenvalue weighted by molar-refractivity contribution is 5.75. The highest BCUT2D eigenvalue weighted by Gasteiger charge is 2.10. The average Bonchev–Trinajstić information content (AvgIpc) is 2.37. The van der Waals surface area contributed by atoms with E-state index < -0.39 is 0 Å². The van der Waals surface area contributed by atoms with Crippen LogP contribution in [-0.2, 0) is 12.8 Å². The van der Waals surface area contributed by atoms with Crippen LogP contribution in [0.5, 0.6) is 11.5 Å². The van der Waals surface area contributed by atoms with E-state index in [1.54, 1.807) is 18.2 Å². The first-order valence-corrected chi connectivity index (χ1v) is 6.29. The summed E-state index contributed by atoms with van der Waals surface area (Å²) in [5.41, 5.74) is 3.85. The summed E-state index contributed by atoms with van der Waals surface area (Å²) in [6.45, 7) is 4.10. The van der Waals surface area contributed by atoms with Gasteiger partial charge in [-0.05, 0) is 47.7 Å². The summed E-state index contributed by atoms with van der Waals surface area (Å²) in [5.74, 6) is 0.511. The molecule has 0 heterocycles. The Bertz CT molecular complexity index is 559. The van der Waals surface area contributed by atoms with Crippen LogP contribution in [0.4, 0.5) is 0 Å². The minimum atomic E-state index is 0.245. The normalized spacial score (nSPS) is 10.6. The molecule has 0 aliphatic heterocycles. The van der Waals surface area contributed by atoms with Crippen molar-refractivity contribution < 1.29 is 10.2 Å². The Morgan fingerprint density at radius 1 is 0.944 bits per heavy atom. The molecule has 0 amide bonds. The maximum Gasteiger partial charge on any atom is 0.123 e. The number of phenolic OH excluding ortho intramolecular Hbond substituents is 2. The first-order valence-electron chi connectivity index (χ1n) is 6.29. The summed E-state index contributed by atoms with van der Waals surface area (Å²) >= 11 is 0. The number of hydrogen-bond acceptors (Lipinski definition) is 2. The molecule has 0 spiro atoms. The van der Waals surface area contributed by atoms with Gasteiger partial charge in [-0.25, -0.2) is 0 Å². The van der Waals surface area contributed by atoms with Crippen molar-refractivity contribution in [1.82, 2.24) is 0 Å². The molecule has 0 fully saturated rings. The van der Waals surface area contributed by atoms with E-state index >= 15 is 0 Å². The Hall–Kier alpha value is -1.96. The molecule has 0 atom stereocenters. The van der Waals surface area contributed by atoms with E-state index in [9.17, 15) is 10.2 Å². The van der Waals surface area contributed by atoms with Gasteiger partial charge in [0.2, 0.25) is 0 Å². The Morgan fingerprint density at radius 2 is 1.72 bits per heavy atom. The van der Waals surface area contributed by atoms with Gasteiger partial charge in [-0.15, -0.1) is 0 Å². The van der Waals surface area contributed by atoms with Crippen LogP contribution in [0.2, 0.25) is 0 Å². The van der Waals surface area contributed by atoms with Gasteiger partial charge in [0, 0.05) is 5.56 Å². The zero-order chi connectivity index (χ0) is 13.1. The van der Waals surface area contributed by atoms with Crippen LogP contribution in [0.3, 0.4) is 0 Å². The minimum Gasteiger partial charge on any atom is -0.508 e. The van der Waals surface area contributed by atoms with Crippen LogP contribution < -0.4 is 0 Å². The topological polar surface area (TPSA) is 40.5 Å². The highest BCUT2D eigenvalue weighted by Crippen LogP contribution is 2.35. The predicted octanol–water partition coefficient (Wildman–Crippen LogP) is 3.89. The van der Waals surface area contributed by atoms with Gasteiger partial charge in [-0.1, -0.05) is 32.0 Å². The van der Waals surface area contributed by atoms with Crippen molar-refractivity contribution in [2.75, 3.05) is 0 Å². The zero-order valence-electron chi connectivity index (χ0n) is 10.8. The molecule has 2 aromatic rings. The molecule has 2 rings (SSSR count). The maximum atomic E-state index is 10.0.